The molecule has 4 rings (SSSR count). The Bertz CT molecular complexity index is 689. The fraction of sp³-hybridized carbons (Fsp3) is 0.750. The van der Waals surface area contributed by atoms with Crippen molar-refractivity contribution in [2.75, 3.05) is 0 Å². The SMILES string of the molecule is C=C1CCC2=C(C1)C[C@@H](C)[C@@H]1[C@@H]2CC[C@@]2(C)[C@H]1C[C@@H](C)[C@@]2(O)C#CC. The third-order valence-electron chi connectivity index (χ3n) is 8.57. The van der Waals surface area contributed by atoms with Crippen LogP contribution in [0.1, 0.15) is 72.6 Å². The fourth-order valence-corrected chi connectivity index (χ4v) is 7.37. The van der Waals surface area contributed by atoms with Gasteiger partial charge in [-0.2, -0.15) is 0 Å². The summed E-state index contributed by atoms with van der Waals surface area (Å²) in [6, 6.07) is 0. The molecule has 1 N–H and O–H groups in total. The van der Waals surface area contributed by atoms with Gasteiger partial charge in [0.15, 0.2) is 0 Å². The first kappa shape index (κ1) is 17.4. The van der Waals surface area contributed by atoms with Crippen molar-refractivity contribution in [3.63, 3.8) is 0 Å². The molecule has 2 fully saturated rings. The van der Waals surface area contributed by atoms with Crippen LogP contribution in [0.25, 0.3) is 0 Å². The highest BCUT2D eigenvalue weighted by Crippen LogP contribution is 2.66. The highest BCUT2D eigenvalue weighted by molar-refractivity contribution is 5.34. The maximum Gasteiger partial charge on any atom is 0.133 e. The summed E-state index contributed by atoms with van der Waals surface area (Å²) in [5.41, 5.74) is 4.12. The Balaban J connectivity index is 1.74. The van der Waals surface area contributed by atoms with Crippen molar-refractivity contribution < 1.29 is 5.11 Å². The van der Waals surface area contributed by atoms with E-state index in [4.69, 9.17) is 0 Å². The number of aliphatic hydroxyl groups is 1. The minimum atomic E-state index is -0.799. The van der Waals surface area contributed by atoms with E-state index >= 15 is 0 Å². The summed E-state index contributed by atoms with van der Waals surface area (Å²) in [6.07, 6.45) is 8.37. The van der Waals surface area contributed by atoms with Crippen LogP contribution in [0.5, 0.6) is 0 Å². The first-order chi connectivity index (χ1) is 11.8. The van der Waals surface area contributed by atoms with E-state index in [1.807, 2.05) is 6.92 Å². The van der Waals surface area contributed by atoms with Gasteiger partial charge in [-0.05, 0) is 81.5 Å². The lowest BCUT2D eigenvalue weighted by molar-refractivity contribution is -0.0907. The first-order valence-electron chi connectivity index (χ1n) is 10.4. The smallest absolute Gasteiger partial charge is 0.133 e. The zero-order valence-electron chi connectivity index (χ0n) is 16.5. The molecule has 0 unspecified atom stereocenters. The van der Waals surface area contributed by atoms with E-state index in [0.717, 1.165) is 37.0 Å². The summed E-state index contributed by atoms with van der Waals surface area (Å²) >= 11 is 0. The number of hydrogen-bond donors (Lipinski definition) is 1. The number of hydrogen-bond acceptors (Lipinski definition) is 1. The van der Waals surface area contributed by atoms with Gasteiger partial charge >= 0.3 is 0 Å². The van der Waals surface area contributed by atoms with Crippen molar-refractivity contribution in [1.29, 1.82) is 0 Å². The molecule has 0 heterocycles. The topological polar surface area (TPSA) is 20.2 Å². The first-order valence-corrected chi connectivity index (χ1v) is 10.4. The van der Waals surface area contributed by atoms with Gasteiger partial charge in [-0.1, -0.05) is 50.0 Å². The van der Waals surface area contributed by atoms with E-state index in [1.165, 1.54) is 31.3 Å². The molecular weight excluding hydrogens is 304 g/mol. The Morgan fingerprint density at radius 2 is 2.00 bits per heavy atom. The van der Waals surface area contributed by atoms with E-state index in [9.17, 15) is 5.11 Å². The third kappa shape index (κ3) is 2.26. The monoisotopic (exact) mass is 338 g/mol. The zero-order valence-corrected chi connectivity index (χ0v) is 16.5. The lowest BCUT2D eigenvalue weighted by Crippen LogP contribution is -2.53. The minimum Gasteiger partial charge on any atom is -0.377 e. The van der Waals surface area contributed by atoms with Gasteiger partial charge in [-0.25, -0.2) is 0 Å². The fourth-order valence-electron chi connectivity index (χ4n) is 7.37. The van der Waals surface area contributed by atoms with Crippen molar-refractivity contribution in [2.45, 2.75) is 78.2 Å². The molecule has 0 saturated heterocycles. The van der Waals surface area contributed by atoms with Crippen LogP contribution in [0.4, 0.5) is 0 Å². The van der Waals surface area contributed by atoms with Crippen LogP contribution < -0.4 is 0 Å². The van der Waals surface area contributed by atoms with Crippen molar-refractivity contribution in [3.8, 4) is 11.8 Å². The standard InChI is InChI=1S/C24H34O/c1-6-10-24(25)17(4)14-21-22-16(3)13-18-12-15(2)7-8-19(18)20(22)9-11-23(21,24)5/h16-17,20-22,25H,2,7-9,11-14H2,1,3-5H3/t16-,17-,20-,21+,22-,23+,24+/m1/s1. The average molecular weight is 339 g/mol. The minimum absolute atomic E-state index is 0.0405. The van der Waals surface area contributed by atoms with Crippen molar-refractivity contribution in [2.24, 2.45) is 35.0 Å². The van der Waals surface area contributed by atoms with E-state index in [1.54, 1.807) is 11.1 Å². The van der Waals surface area contributed by atoms with Crippen molar-refractivity contribution >= 4 is 0 Å². The van der Waals surface area contributed by atoms with Crippen LogP contribution in [-0.4, -0.2) is 10.7 Å². The molecule has 25 heavy (non-hydrogen) atoms. The lowest BCUT2D eigenvalue weighted by atomic mass is 9.50. The van der Waals surface area contributed by atoms with E-state index in [-0.39, 0.29) is 11.3 Å². The summed E-state index contributed by atoms with van der Waals surface area (Å²) in [6.45, 7) is 13.2. The van der Waals surface area contributed by atoms with E-state index < -0.39 is 5.60 Å². The van der Waals surface area contributed by atoms with Gasteiger partial charge < -0.3 is 5.11 Å². The molecule has 4 aliphatic carbocycles. The third-order valence-corrected chi connectivity index (χ3v) is 8.57. The van der Waals surface area contributed by atoms with Gasteiger partial charge in [0.1, 0.15) is 5.60 Å². The Labute approximate surface area is 154 Å². The largest absolute Gasteiger partial charge is 0.377 e. The molecular formula is C24H34O. The van der Waals surface area contributed by atoms with Gasteiger partial charge in [-0.15, -0.1) is 5.92 Å². The maximum atomic E-state index is 11.6. The molecule has 0 spiro atoms. The molecule has 1 heteroatoms. The predicted molar refractivity (Wildman–Crippen MR) is 104 cm³/mol. The molecule has 136 valence electrons. The Kier molecular flexibility index (Phi) is 4.01. The maximum absolute atomic E-state index is 11.6. The zero-order chi connectivity index (χ0) is 18.0. The molecule has 4 aliphatic rings. The van der Waals surface area contributed by atoms with Crippen LogP contribution in [0.2, 0.25) is 0 Å². The summed E-state index contributed by atoms with van der Waals surface area (Å²) in [4.78, 5) is 0. The molecule has 0 aromatic rings. The summed E-state index contributed by atoms with van der Waals surface area (Å²) in [5.74, 6) is 9.43. The number of fused-ring (bicyclic) bond motifs is 4. The quantitative estimate of drug-likeness (QED) is 0.456. The molecule has 0 radical (unpaired) electrons. The predicted octanol–water partition coefficient (Wildman–Crippen LogP) is 5.51. The number of allylic oxidation sites excluding steroid dienone is 3. The van der Waals surface area contributed by atoms with E-state index in [0.29, 0.717) is 5.92 Å². The van der Waals surface area contributed by atoms with Crippen LogP contribution >= 0.6 is 0 Å². The number of rotatable bonds is 0. The molecule has 7 atom stereocenters. The highest BCUT2D eigenvalue weighted by Gasteiger charge is 2.65. The van der Waals surface area contributed by atoms with Gasteiger partial charge in [0, 0.05) is 5.41 Å². The van der Waals surface area contributed by atoms with Crippen LogP contribution in [0, 0.1) is 46.8 Å². The molecule has 0 aromatic heterocycles. The molecule has 2 saturated carbocycles. The van der Waals surface area contributed by atoms with Gasteiger partial charge in [0.2, 0.25) is 0 Å². The second kappa shape index (κ2) is 5.75. The highest BCUT2D eigenvalue weighted by atomic mass is 16.3. The normalized spacial score (nSPS) is 49.0. The molecule has 1 nitrogen and oxygen atoms in total. The summed E-state index contributed by atoms with van der Waals surface area (Å²) in [5, 5.41) is 11.6. The molecule has 0 bridgehead atoms. The van der Waals surface area contributed by atoms with Crippen LogP contribution in [0.3, 0.4) is 0 Å². The Morgan fingerprint density at radius 3 is 2.72 bits per heavy atom. The molecule has 0 aromatic carbocycles. The van der Waals surface area contributed by atoms with Crippen molar-refractivity contribution in [1.82, 2.24) is 0 Å². The van der Waals surface area contributed by atoms with Crippen LogP contribution in [-0.2, 0) is 0 Å². The van der Waals surface area contributed by atoms with Gasteiger partial charge in [-0.3, -0.25) is 0 Å². The Morgan fingerprint density at radius 1 is 1.24 bits per heavy atom. The second-order valence-corrected chi connectivity index (χ2v) is 9.76. The molecule has 0 aliphatic heterocycles. The summed E-state index contributed by atoms with van der Waals surface area (Å²) < 4.78 is 0. The van der Waals surface area contributed by atoms with E-state index in [2.05, 4.69) is 39.2 Å². The van der Waals surface area contributed by atoms with Gasteiger partial charge in [0.25, 0.3) is 0 Å². The van der Waals surface area contributed by atoms with Crippen LogP contribution in [0.15, 0.2) is 23.3 Å². The Hall–Kier alpha value is -1.00. The summed E-state index contributed by atoms with van der Waals surface area (Å²) in [7, 11) is 0. The lowest BCUT2D eigenvalue weighted by Gasteiger charge is -2.55. The van der Waals surface area contributed by atoms with Gasteiger partial charge in [0.05, 0.1) is 0 Å². The van der Waals surface area contributed by atoms with Crippen molar-refractivity contribution in [3.05, 3.63) is 23.3 Å². The average Bonchev–Trinajstić information content (AvgIpc) is 2.75. The molecule has 0 amide bonds. The second-order valence-electron chi connectivity index (χ2n) is 9.76.